The maximum Gasteiger partial charge on any atom is 0.340 e. The van der Waals surface area contributed by atoms with E-state index in [0.29, 0.717) is 48.2 Å². The molecule has 2 aliphatic rings. The second-order valence-corrected chi connectivity index (χ2v) is 5.88. The fourth-order valence-corrected chi connectivity index (χ4v) is 2.92. The Morgan fingerprint density at radius 2 is 2.04 bits per heavy atom. The molecule has 0 bridgehead atoms. The van der Waals surface area contributed by atoms with E-state index in [1.165, 1.54) is 14.0 Å². The van der Waals surface area contributed by atoms with Crippen molar-refractivity contribution in [2.24, 2.45) is 0 Å². The highest BCUT2D eigenvalue weighted by atomic mass is 19.3. The summed E-state index contributed by atoms with van der Waals surface area (Å²) in [6.45, 7) is 3.66. The van der Waals surface area contributed by atoms with Crippen molar-refractivity contribution < 1.29 is 28.0 Å². The van der Waals surface area contributed by atoms with Crippen molar-refractivity contribution in [3.8, 4) is 5.75 Å². The van der Waals surface area contributed by atoms with Crippen molar-refractivity contribution in [1.82, 2.24) is 0 Å². The zero-order valence-corrected chi connectivity index (χ0v) is 13.1. The summed E-state index contributed by atoms with van der Waals surface area (Å²) in [7, 11) is 1.27. The fraction of sp³-hybridized carbons (Fsp3) is 0.600. The molecule has 0 spiro atoms. The second kappa shape index (κ2) is 5.92. The number of morpholine rings is 1. The van der Waals surface area contributed by atoms with Gasteiger partial charge in [-0.3, -0.25) is 0 Å². The molecule has 2 aliphatic heterocycles. The molecule has 0 radical (unpaired) electrons. The minimum atomic E-state index is -2.61. The van der Waals surface area contributed by atoms with E-state index in [1.54, 1.807) is 12.1 Å². The molecule has 2 heterocycles. The van der Waals surface area contributed by atoms with Crippen LogP contribution in [-0.4, -0.2) is 50.4 Å². The summed E-state index contributed by atoms with van der Waals surface area (Å²) in [5.41, 5.74) is -0.0975. The Balaban J connectivity index is 2.01. The van der Waals surface area contributed by atoms with Gasteiger partial charge in [0.15, 0.2) is 12.7 Å². The normalized spacial score (nSPS) is 23.6. The molecule has 0 saturated carbocycles. The van der Waals surface area contributed by atoms with E-state index in [9.17, 15) is 13.7 Å². The molecule has 0 N–H and O–H groups in total. The number of nitrogens with zero attached hydrogens (tertiary/aromatic N) is 2. The van der Waals surface area contributed by atoms with Gasteiger partial charge in [0, 0.05) is 37.2 Å². The van der Waals surface area contributed by atoms with E-state index in [-0.39, 0.29) is 12.1 Å². The maximum absolute atomic E-state index is 13.2. The Labute approximate surface area is 132 Å². The van der Waals surface area contributed by atoms with Crippen LogP contribution in [0, 0.1) is 4.91 Å². The molecular weight excluding hydrogens is 310 g/mol. The van der Waals surface area contributed by atoms with Crippen LogP contribution in [0.15, 0.2) is 12.1 Å². The molecule has 0 aromatic heterocycles. The lowest BCUT2D eigenvalue weighted by Crippen LogP contribution is -2.38. The molecule has 3 rings (SSSR count). The maximum atomic E-state index is 13.2. The minimum absolute atomic E-state index is 0.0495. The number of hydrogen-bond donors (Lipinski definition) is 0. The van der Waals surface area contributed by atoms with Gasteiger partial charge in [0.05, 0.1) is 18.1 Å². The summed E-state index contributed by atoms with van der Waals surface area (Å²) in [6.07, 6.45) is -2.57. The van der Waals surface area contributed by atoms with Crippen LogP contribution >= 0.6 is 0 Å². The molecule has 0 aliphatic carbocycles. The Morgan fingerprint density at radius 3 is 2.65 bits per heavy atom. The Morgan fingerprint density at radius 1 is 1.35 bits per heavy atom. The number of rotatable bonds is 4. The van der Waals surface area contributed by atoms with Gasteiger partial charge in [-0.05, 0) is 6.92 Å². The lowest BCUT2D eigenvalue weighted by Gasteiger charge is -2.28. The number of anilines is 1. The van der Waals surface area contributed by atoms with Crippen LogP contribution in [0.1, 0.15) is 12.5 Å². The number of ether oxygens (including phenoxy) is 2. The van der Waals surface area contributed by atoms with Gasteiger partial charge in [0.2, 0.25) is 0 Å². The molecule has 6 nitrogen and oxygen atoms in total. The first-order valence-corrected chi connectivity index (χ1v) is 7.43. The molecule has 126 valence electrons. The first-order chi connectivity index (χ1) is 10.9. The Bertz CT molecular complexity index is 620. The van der Waals surface area contributed by atoms with E-state index < -0.39 is 12.0 Å². The molecule has 1 fully saturated rings. The van der Waals surface area contributed by atoms with Gasteiger partial charge in [-0.1, -0.05) is 0 Å². The summed E-state index contributed by atoms with van der Waals surface area (Å²) >= 11 is 0. The monoisotopic (exact) mass is 329 g/mol. The molecule has 23 heavy (non-hydrogen) atoms. The third-order valence-electron chi connectivity index (χ3n) is 4.22. The molecule has 1 saturated heterocycles. The Hall–Kier alpha value is -1.96. The van der Waals surface area contributed by atoms with Crippen molar-refractivity contribution in [2.45, 2.75) is 25.4 Å². The molecule has 1 atom stereocenters. The number of benzene rings is 1. The van der Waals surface area contributed by atoms with Crippen molar-refractivity contribution >= 4 is 11.4 Å². The van der Waals surface area contributed by atoms with Gasteiger partial charge in [-0.15, -0.1) is 0 Å². The zero-order valence-electron chi connectivity index (χ0n) is 13.1. The lowest BCUT2D eigenvalue weighted by molar-refractivity contribution is -0.736. The van der Waals surface area contributed by atoms with Gasteiger partial charge in [0.1, 0.15) is 11.4 Å². The summed E-state index contributed by atoms with van der Waals surface area (Å²) in [5, 5.41) is 0. The zero-order chi connectivity index (χ0) is 16.6. The van der Waals surface area contributed by atoms with Crippen LogP contribution in [0.25, 0.3) is 0 Å². The topological polar surface area (TPSA) is 51.0 Å². The van der Waals surface area contributed by atoms with Crippen LogP contribution < -0.4 is 9.64 Å². The number of hydrogen-bond acceptors (Lipinski definition) is 5. The molecule has 8 heteroatoms. The predicted molar refractivity (Wildman–Crippen MR) is 78.5 cm³/mol. The third kappa shape index (κ3) is 2.83. The second-order valence-electron chi connectivity index (χ2n) is 5.88. The average molecular weight is 329 g/mol. The molecule has 1 unspecified atom stereocenters. The summed E-state index contributed by atoms with van der Waals surface area (Å²) in [5.74, 6) is 0.391. The van der Waals surface area contributed by atoms with Crippen molar-refractivity contribution in [2.75, 3.05) is 38.3 Å². The van der Waals surface area contributed by atoms with E-state index in [0.717, 1.165) is 0 Å². The highest BCUT2D eigenvalue weighted by Crippen LogP contribution is 2.44. The first kappa shape index (κ1) is 15.9. The minimum Gasteiger partial charge on any atom is -0.481 e. The fourth-order valence-electron chi connectivity index (χ4n) is 2.92. The quantitative estimate of drug-likeness (QED) is 0.794. The summed E-state index contributed by atoms with van der Waals surface area (Å²) in [6, 6.07) is 3.22. The number of alkyl halides is 2. The van der Waals surface area contributed by atoms with Crippen LogP contribution in [-0.2, 0) is 16.0 Å². The van der Waals surface area contributed by atoms with Gasteiger partial charge >= 0.3 is 5.69 Å². The van der Waals surface area contributed by atoms with E-state index in [2.05, 4.69) is 0 Å². The highest BCUT2D eigenvalue weighted by Gasteiger charge is 2.45. The SMILES string of the molecule is CO[N+](=O)c1cc2c(cc1N1CCOCC1)OC(C)(C(F)F)C2. The smallest absolute Gasteiger partial charge is 0.340 e. The van der Waals surface area contributed by atoms with E-state index >= 15 is 0 Å². The Kier molecular flexibility index (Phi) is 4.09. The summed E-state index contributed by atoms with van der Waals surface area (Å²) < 4.78 is 37.2. The van der Waals surface area contributed by atoms with Crippen molar-refractivity contribution in [3.05, 3.63) is 22.6 Å². The molecule has 0 amide bonds. The average Bonchev–Trinajstić information content (AvgIpc) is 2.90. The van der Waals surface area contributed by atoms with Crippen molar-refractivity contribution in [3.63, 3.8) is 0 Å². The molecule has 1 aromatic rings. The van der Waals surface area contributed by atoms with E-state index in [4.69, 9.17) is 14.3 Å². The van der Waals surface area contributed by atoms with Crippen LogP contribution in [0.3, 0.4) is 0 Å². The molecule has 1 aromatic carbocycles. The van der Waals surface area contributed by atoms with Gasteiger partial charge in [0.25, 0.3) is 11.3 Å². The number of halogens is 2. The standard InChI is InChI=1S/C15H19F2N2O4/c1-15(14(16)17)9-10-7-12(19(20)21-2)11(8-13(10)23-15)18-3-5-22-6-4-18/h7-8,14H,3-6,9H2,1-2H3/q+1. The van der Waals surface area contributed by atoms with Crippen LogP contribution in [0.5, 0.6) is 5.75 Å². The van der Waals surface area contributed by atoms with Gasteiger partial charge in [-0.25, -0.2) is 13.6 Å². The highest BCUT2D eigenvalue weighted by molar-refractivity contribution is 5.69. The van der Waals surface area contributed by atoms with Gasteiger partial charge < -0.3 is 14.4 Å². The van der Waals surface area contributed by atoms with Crippen LogP contribution in [0.2, 0.25) is 0 Å². The molecular formula is C15H19F2N2O4+. The summed E-state index contributed by atoms with van der Waals surface area (Å²) in [4.78, 5) is 19.1. The first-order valence-electron chi connectivity index (χ1n) is 7.43. The van der Waals surface area contributed by atoms with Gasteiger partial charge in [-0.2, -0.15) is 0 Å². The van der Waals surface area contributed by atoms with Crippen molar-refractivity contribution in [1.29, 1.82) is 0 Å². The largest absolute Gasteiger partial charge is 0.481 e. The predicted octanol–water partition coefficient (Wildman–Crippen LogP) is 2.45. The number of fused-ring (bicyclic) bond motifs is 1. The van der Waals surface area contributed by atoms with Crippen LogP contribution in [0.4, 0.5) is 20.2 Å². The lowest BCUT2D eigenvalue weighted by atomic mass is 9.99. The van der Waals surface area contributed by atoms with E-state index in [1.807, 2.05) is 4.90 Å². The third-order valence-corrected chi connectivity index (χ3v) is 4.22.